The summed E-state index contributed by atoms with van der Waals surface area (Å²) >= 11 is 0. The lowest BCUT2D eigenvalue weighted by atomic mass is 9.92. The number of rotatable bonds is 1. The Labute approximate surface area is 106 Å². The molecule has 0 spiro atoms. The smallest absolute Gasteiger partial charge is 0.303 e. The number of aryl methyl sites for hydroxylation is 1. The summed E-state index contributed by atoms with van der Waals surface area (Å²) in [5.74, 6) is -0.234. The van der Waals surface area contributed by atoms with Gasteiger partial charge in [0.05, 0.1) is 11.2 Å². The van der Waals surface area contributed by atoms with E-state index in [-0.39, 0.29) is 12.1 Å². The highest BCUT2D eigenvalue weighted by molar-refractivity contribution is 5.79. The fraction of sp³-hybridized carbons (Fsp3) is 0.333. The zero-order chi connectivity index (χ0) is 12.5. The van der Waals surface area contributed by atoms with Gasteiger partial charge in [-0.2, -0.15) is 0 Å². The number of benzene rings is 1. The summed E-state index contributed by atoms with van der Waals surface area (Å²) in [6, 6.07) is 10.2. The number of ether oxygens (including phenoxy) is 1. The summed E-state index contributed by atoms with van der Waals surface area (Å²) in [6.45, 7) is 1.45. The topological polar surface area (TPSA) is 39.2 Å². The second-order valence-electron chi connectivity index (χ2n) is 4.72. The first-order valence-corrected chi connectivity index (χ1v) is 6.30. The molecule has 0 N–H and O–H groups in total. The van der Waals surface area contributed by atoms with Crippen LogP contribution in [-0.2, 0) is 16.0 Å². The van der Waals surface area contributed by atoms with Gasteiger partial charge in [-0.1, -0.05) is 18.2 Å². The summed E-state index contributed by atoms with van der Waals surface area (Å²) in [5.41, 5.74) is 3.12. The number of esters is 1. The number of hydrogen-bond donors (Lipinski definition) is 0. The van der Waals surface area contributed by atoms with Crippen LogP contribution in [0.25, 0.3) is 10.9 Å². The van der Waals surface area contributed by atoms with E-state index in [0.717, 1.165) is 35.9 Å². The number of aromatic nitrogens is 1. The second-order valence-corrected chi connectivity index (χ2v) is 4.72. The Hall–Kier alpha value is -1.90. The van der Waals surface area contributed by atoms with Gasteiger partial charge in [0.15, 0.2) is 0 Å². The predicted octanol–water partition coefficient (Wildman–Crippen LogP) is 3.18. The molecule has 1 heterocycles. The zero-order valence-electron chi connectivity index (χ0n) is 10.3. The van der Waals surface area contributed by atoms with Gasteiger partial charge in [-0.3, -0.25) is 4.79 Å². The molecule has 1 unspecified atom stereocenters. The van der Waals surface area contributed by atoms with Gasteiger partial charge in [-0.05, 0) is 37.0 Å². The van der Waals surface area contributed by atoms with E-state index in [9.17, 15) is 4.79 Å². The molecular formula is C15H15NO2. The average molecular weight is 241 g/mol. The number of carbonyl (C=O) groups is 1. The molecule has 0 amide bonds. The largest absolute Gasteiger partial charge is 0.456 e. The van der Waals surface area contributed by atoms with Gasteiger partial charge < -0.3 is 4.74 Å². The standard InChI is InChI=1S/C15H15NO2/c1-10(17)18-14-8-4-6-12-9-11-5-2-3-7-13(11)16-15(12)14/h2-3,5,7,9,14H,4,6,8H2,1H3. The van der Waals surface area contributed by atoms with Crippen molar-refractivity contribution in [2.24, 2.45) is 0 Å². The first kappa shape index (κ1) is 11.2. The Morgan fingerprint density at radius 3 is 3.06 bits per heavy atom. The third kappa shape index (κ3) is 1.96. The number of pyridine rings is 1. The maximum atomic E-state index is 11.1. The molecule has 0 radical (unpaired) electrons. The van der Waals surface area contributed by atoms with Gasteiger partial charge >= 0.3 is 5.97 Å². The van der Waals surface area contributed by atoms with Gasteiger partial charge in [-0.15, -0.1) is 0 Å². The van der Waals surface area contributed by atoms with Crippen molar-refractivity contribution in [2.45, 2.75) is 32.3 Å². The SMILES string of the molecule is CC(=O)OC1CCCc2cc3ccccc3nc21. The summed E-state index contributed by atoms with van der Waals surface area (Å²) in [5, 5.41) is 1.15. The van der Waals surface area contributed by atoms with Gasteiger partial charge in [-0.25, -0.2) is 4.98 Å². The van der Waals surface area contributed by atoms with Crippen LogP contribution in [0.3, 0.4) is 0 Å². The van der Waals surface area contributed by atoms with E-state index >= 15 is 0 Å². The van der Waals surface area contributed by atoms with Gasteiger partial charge in [0, 0.05) is 12.3 Å². The minimum Gasteiger partial charge on any atom is -0.456 e. The van der Waals surface area contributed by atoms with Crippen LogP contribution < -0.4 is 0 Å². The molecule has 0 bridgehead atoms. The van der Waals surface area contributed by atoms with E-state index < -0.39 is 0 Å². The van der Waals surface area contributed by atoms with Crippen LogP contribution in [0.5, 0.6) is 0 Å². The monoisotopic (exact) mass is 241 g/mol. The van der Waals surface area contributed by atoms with Crippen LogP contribution in [0, 0.1) is 0 Å². The highest BCUT2D eigenvalue weighted by Crippen LogP contribution is 2.33. The number of nitrogens with zero attached hydrogens (tertiary/aromatic N) is 1. The minimum atomic E-state index is -0.234. The molecule has 92 valence electrons. The van der Waals surface area contributed by atoms with E-state index in [4.69, 9.17) is 4.74 Å². The summed E-state index contributed by atoms with van der Waals surface area (Å²) < 4.78 is 5.37. The average Bonchev–Trinajstić information content (AvgIpc) is 2.36. The second kappa shape index (κ2) is 4.41. The molecule has 3 rings (SSSR count). The lowest BCUT2D eigenvalue weighted by Gasteiger charge is -2.24. The Morgan fingerprint density at radius 1 is 1.39 bits per heavy atom. The summed E-state index contributed by atoms with van der Waals surface area (Å²) in [4.78, 5) is 15.8. The molecule has 1 aromatic heterocycles. The van der Waals surface area contributed by atoms with Crippen LogP contribution in [-0.4, -0.2) is 11.0 Å². The summed E-state index contributed by atoms with van der Waals surface area (Å²) in [6.07, 6.45) is 2.77. The molecular weight excluding hydrogens is 226 g/mol. The Bertz CT molecular complexity index is 606. The first-order chi connectivity index (χ1) is 8.74. The van der Waals surface area contributed by atoms with Gasteiger partial charge in [0.2, 0.25) is 0 Å². The quantitative estimate of drug-likeness (QED) is 0.720. The van der Waals surface area contributed by atoms with E-state index in [0.29, 0.717) is 0 Å². The first-order valence-electron chi connectivity index (χ1n) is 6.30. The zero-order valence-corrected chi connectivity index (χ0v) is 10.3. The van der Waals surface area contributed by atoms with Crippen LogP contribution >= 0.6 is 0 Å². The van der Waals surface area contributed by atoms with Crippen molar-refractivity contribution in [3.05, 3.63) is 41.6 Å². The van der Waals surface area contributed by atoms with E-state index in [1.165, 1.54) is 12.5 Å². The van der Waals surface area contributed by atoms with Crippen LogP contribution in [0.1, 0.15) is 37.1 Å². The normalized spacial score (nSPS) is 18.4. The number of para-hydroxylation sites is 1. The molecule has 0 saturated carbocycles. The molecule has 0 aliphatic heterocycles. The molecule has 3 heteroatoms. The number of carbonyl (C=O) groups excluding carboxylic acids is 1. The third-order valence-electron chi connectivity index (χ3n) is 3.36. The molecule has 1 atom stereocenters. The van der Waals surface area contributed by atoms with Crippen molar-refractivity contribution in [1.82, 2.24) is 4.98 Å². The molecule has 0 saturated heterocycles. The lowest BCUT2D eigenvalue weighted by molar-refractivity contribution is -0.147. The van der Waals surface area contributed by atoms with Crippen molar-refractivity contribution in [1.29, 1.82) is 0 Å². The number of hydrogen-bond acceptors (Lipinski definition) is 3. The van der Waals surface area contributed by atoms with E-state index in [1.807, 2.05) is 18.2 Å². The molecule has 2 aromatic rings. The van der Waals surface area contributed by atoms with Crippen LogP contribution in [0.4, 0.5) is 0 Å². The maximum Gasteiger partial charge on any atom is 0.303 e. The predicted molar refractivity (Wildman–Crippen MR) is 69.2 cm³/mol. The molecule has 1 aliphatic carbocycles. The van der Waals surface area contributed by atoms with Gasteiger partial charge in [0.1, 0.15) is 6.10 Å². The van der Waals surface area contributed by atoms with Crippen molar-refractivity contribution in [3.8, 4) is 0 Å². The summed E-state index contributed by atoms with van der Waals surface area (Å²) in [7, 11) is 0. The fourth-order valence-corrected chi connectivity index (χ4v) is 2.58. The molecule has 0 fully saturated rings. The van der Waals surface area contributed by atoms with Crippen molar-refractivity contribution in [3.63, 3.8) is 0 Å². The van der Waals surface area contributed by atoms with E-state index in [2.05, 4.69) is 17.1 Å². The Balaban J connectivity index is 2.10. The molecule has 18 heavy (non-hydrogen) atoms. The molecule has 1 aliphatic rings. The number of fused-ring (bicyclic) bond motifs is 2. The third-order valence-corrected chi connectivity index (χ3v) is 3.36. The highest BCUT2D eigenvalue weighted by Gasteiger charge is 2.24. The Kier molecular flexibility index (Phi) is 2.74. The van der Waals surface area contributed by atoms with Crippen molar-refractivity contribution >= 4 is 16.9 Å². The maximum absolute atomic E-state index is 11.1. The Morgan fingerprint density at radius 2 is 2.22 bits per heavy atom. The lowest BCUT2D eigenvalue weighted by Crippen LogP contribution is -2.17. The molecule has 3 nitrogen and oxygen atoms in total. The highest BCUT2D eigenvalue weighted by atomic mass is 16.5. The van der Waals surface area contributed by atoms with Crippen LogP contribution in [0.15, 0.2) is 30.3 Å². The van der Waals surface area contributed by atoms with Crippen molar-refractivity contribution in [2.75, 3.05) is 0 Å². The fourth-order valence-electron chi connectivity index (χ4n) is 2.58. The van der Waals surface area contributed by atoms with Gasteiger partial charge in [0.25, 0.3) is 0 Å². The van der Waals surface area contributed by atoms with Crippen molar-refractivity contribution < 1.29 is 9.53 Å². The molecule has 1 aromatic carbocycles. The van der Waals surface area contributed by atoms with Crippen LogP contribution in [0.2, 0.25) is 0 Å². The minimum absolute atomic E-state index is 0.171. The van der Waals surface area contributed by atoms with E-state index in [1.54, 1.807) is 0 Å².